The number of carboxylic acid groups (broad SMARTS) is 1. The number of alkyl halides is 3. The fourth-order valence-corrected chi connectivity index (χ4v) is 4.17. The second-order valence-corrected chi connectivity index (χ2v) is 7.44. The summed E-state index contributed by atoms with van der Waals surface area (Å²) in [5, 5.41) is 15.3. The summed E-state index contributed by atoms with van der Waals surface area (Å²) in [4.78, 5) is 13.1. The first-order chi connectivity index (χ1) is 12.8. The molecule has 0 spiro atoms. The van der Waals surface area contributed by atoms with Gasteiger partial charge in [-0.15, -0.1) is 0 Å². The van der Waals surface area contributed by atoms with Crippen LogP contribution in [0.2, 0.25) is 0 Å². The van der Waals surface area contributed by atoms with Gasteiger partial charge in [0.2, 0.25) is 0 Å². The Hall–Kier alpha value is -1.96. The van der Waals surface area contributed by atoms with Crippen LogP contribution < -0.4 is 15.5 Å². The third-order valence-corrected chi connectivity index (χ3v) is 5.51. The second-order valence-electron chi connectivity index (χ2n) is 7.44. The summed E-state index contributed by atoms with van der Waals surface area (Å²) < 4.78 is 38.2. The molecule has 1 amide bonds. The first-order valence-electron chi connectivity index (χ1n) is 9.50. The van der Waals surface area contributed by atoms with Gasteiger partial charge in [-0.3, -0.25) is 0 Å². The molecule has 0 aromatic heterocycles. The summed E-state index contributed by atoms with van der Waals surface area (Å²) in [7, 11) is 0. The summed E-state index contributed by atoms with van der Waals surface area (Å²) >= 11 is 0. The van der Waals surface area contributed by atoms with E-state index in [1.165, 1.54) is 12.1 Å². The number of hydrogen-bond donors (Lipinski definition) is 3. The summed E-state index contributed by atoms with van der Waals surface area (Å²) in [6.45, 7) is 1.52. The van der Waals surface area contributed by atoms with Crippen molar-refractivity contribution in [1.29, 1.82) is 0 Å². The number of piperidine rings is 1. The predicted octanol–water partition coefficient (Wildman–Crippen LogP) is 3.84. The first-order valence-corrected chi connectivity index (χ1v) is 9.50. The average molecular weight is 385 g/mol. The molecule has 0 bridgehead atoms. The molecule has 1 saturated carbocycles. The van der Waals surface area contributed by atoms with E-state index in [0.29, 0.717) is 6.54 Å². The van der Waals surface area contributed by atoms with Crippen LogP contribution in [0.25, 0.3) is 0 Å². The minimum absolute atomic E-state index is 0.0855. The lowest BCUT2D eigenvalue weighted by atomic mass is 9.89. The summed E-state index contributed by atoms with van der Waals surface area (Å²) in [6, 6.07) is 5.52. The second kappa shape index (κ2) is 8.37. The SMILES string of the molecule is O=C(O)N[C@@H]1CCCC[C@H]1N[C@H]1CCCN(c2ccc(C(F)(F)F)cc2)C1. The smallest absolute Gasteiger partial charge is 0.416 e. The number of nitrogens with one attached hydrogen (secondary N) is 2. The van der Waals surface area contributed by atoms with Crippen LogP contribution in [-0.2, 0) is 6.18 Å². The Balaban J connectivity index is 1.61. The summed E-state index contributed by atoms with van der Waals surface area (Å²) in [5.41, 5.74) is 0.154. The number of nitrogens with zero attached hydrogens (tertiary/aromatic N) is 1. The third kappa shape index (κ3) is 5.28. The average Bonchev–Trinajstić information content (AvgIpc) is 2.63. The Kier molecular flexibility index (Phi) is 6.14. The van der Waals surface area contributed by atoms with E-state index in [4.69, 9.17) is 5.11 Å². The van der Waals surface area contributed by atoms with Crippen molar-refractivity contribution in [2.45, 2.75) is 62.8 Å². The maximum atomic E-state index is 12.7. The van der Waals surface area contributed by atoms with Gasteiger partial charge in [0.1, 0.15) is 0 Å². The van der Waals surface area contributed by atoms with E-state index in [2.05, 4.69) is 15.5 Å². The lowest BCUT2D eigenvalue weighted by Crippen LogP contribution is -2.57. The third-order valence-electron chi connectivity index (χ3n) is 5.51. The van der Waals surface area contributed by atoms with Crippen molar-refractivity contribution in [1.82, 2.24) is 10.6 Å². The molecule has 1 aliphatic heterocycles. The zero-order valence-corrected chi connectivity index (χ0v) is 15.1. The number of carbonyl (C=O) groups is 1. The molecule has 1 saturated heterocycles. The van der Waals surface area contributed by atoms with Gasteiger partial charge in [-0.1, -0.05) is 12.8 Å². The highest BCUT2D eigenvalue weighted by atomic mass is 19.4. The van der Waals surface area contributed by atoms with Gasteiger partial charge in [0.15, 0.2) is 0 Å². The van der Waals surface area contributed by atoms with E-state index < -0.39 is 17.8 Å². The molecule has 2 fully saturated rings. The van der Waals surface area contributed by atoms with Crippen molar-refractivity contribution in [3.63, 3.8) is 0 Å². The molecule has 0 radical (unpaired) electrons. The van der Waals surface area contributed by atoms with Gasteiger partial charge in [0.05, 0.1) is 5.56 Å². The number of benzene rings is 1. The lowest BCUT2D eigenvalue weighted by Gasteiger charge is -2.40. The zero-order valence-electron chi connectivity index (χ0n) is 15.1. The van der Waals surface area contributed by atoms with Crippen LogP contribution in [-0.4, -0.2) is 42.4 Å². The Morgan fingerprint density at radius 2 is 1.70 bits per heavy atom. The predicted molar refractivity (Wildman–Crippen MR) is 97.0 cm³/mol. The zero-order chi connectivity index (χ0) is 19.4. The van der Waals surface area contributed by atoms with Crippen LogP contribution in [0.5, 0.6) is 0 Å². The fourth-order valence-electron chi connectivity index (χ4n) is 4.17. The molecular weight excluding hydrogens is 359 g/mol. The summed E-state index contributed by atoms with van der Waals surface area (Å²) in [6.07, 6.45) is 0.467. The van der Waals surface area contributed by atoms with Crippen molar-refractivity contribution in [3.05, 3.63) is 29.8 Å². The van der Waals surface area contributed by atoms with Gasteiger partial charge >= 0.3 is 12.3 Å². The molecule has 0 unspecified atom stereocenters. The van der Waals surface area contributed by atoms with Crippen molar-refractivity contribution < 1.29 is 23.1 Å². The van der Waals surface area contributed by atoms with E-state index >= 15 is 0 Å². The van der Waals surface area contributed by atoms with Crippen LogP contribution in [0.3, 0.4) is 0 Å². The van der Waals surface area contributed by atoms with Gasteiger partial charge in [-0.2, -0.15) is 13.2 Å². The molecule has 27 heavy (non-hydrogen) atoms. The molecule has 3 rings (SSSR count). The molecule has 8 heteroatoms. The largest absolute Gasteiger partial charge is 0.465 e. The maximum absolute atomic E-state index is 12.7. The van der Waals surface area contributed by atoms with Gasteiger partial charge in [0.25, 0.3) is 0 Å². The van der Waals surface area contributed by atoms with E-state index in [1.807, 2.05) is 0 Å². The number of amides is 1. The Morgan fingerprint density at radius 1 is 1.04 bits per heavy atom. The molecule has 3 atom stereocenters. The van der Waals surface area contributed by atoms with Crippen molar-refractivity contribution in [2.24, 2.45) is 0 Å². The molecule has 1 aliphatic carbocycles. The summed E-state index contributed by atoms with van der Waals surface area (Å²) in [5.74, 6) is 0. The minimum Gasteiger partial charge on any atom is -0.465 e. The van der Waals surface area contributed by atoms with E-state index in [0.717, 1.165) is 62.9 Å². The molecule has 1 aromatic rings. The molecule has 1 heterocycles. The van der Waals surface area contributed by atoms with Gasteiger partial charge in [0, 0.05) is 36.9 Å². The Morgan fingerprint density at radius 3 is 2.33 bits per heavy atom. The molecule has 150 valence electrons. The van der Waals surface area contributed by atoms with Crippen LogP contribution in [0, 0.1) is 0 Å². The quantitative estimate of drug-likeness (QED) is 0.737. The van der Waals surface area contributed by atoms with Crippen molar-refractivity contribution in [2.75, 3.05) is 18.0 Å². The van der Waals surface area contributed by atoms with Crippen LogP contribution in [0.15, 0.2) is 24.3 Å². The van der Waals surface area contributed by atoms with Gasteiger partial charge < -0.3 is 20.6 Å². The highest BCUT2D eigenvalue weighted by Crippen LogP contribution is 2.31. The maximum Gasteiger partial charge on any atom is 0.416 e. The first kappa shape index (κ1) is 19.8. The fraction of sp³-hybridized carbons (Fsp3) is 0.632. The molecule has 3 N–H and O–H groups in total. The van der Waals surface area contributed by atoms with Crippen molar-refractivity contribution in [3.8, 4) is 0 Å². The van der Waals surface area contributed by atoms with Gasteiger partial charge in [-0.25, -0.2) is 4.79 Å². The molecular formula is C19H26F3N3O2. The lowest BCUT2D eigenvalue weighted by molar-refractivity contribution is -0.137. The van der Waals surface area contributed by atoms with Crippen LogP contribution in [0.4, 0.5) is 23.7 Å². The highest BCUT2D eigenvalue weighted by Gasteiger charge is 2.32. The standard InChI is InChI=1S/C19H26F3N3O2/c20-19(21,22)13-7-9-15(10-8-13)25-11-3-4-14(12-25)23-16-5-1-2-6-17(16)24-18(26)27/h7-10,14,16-17,23-24H,1-6,11-12H2,(H,26,27)/t14-,16+,17+/m0/s1. The monoisotopic (exact) mass is 385 g/mol. The van der Waals surface area contributed by atoms with Crippen LogP contribution >= 0.6 is 0 Å². The van der Waals surface area contributed by atoms with E-state index in [1.54, 1.807) is 0 Å². The Labute approximate surface area is 156 Å². The topological polar surface area (TPSA) is 64.6 Å². The number of anilines is 1. The van der Waals surface area contributed by atoms with Crippen molar-refractivity contribution >= 4 is 11.8 Å². The minimum atomic E-state index is -4.32. The molecule has 2 aliphatic rings. The number of hydrogen-bond acceptors (Lipinski definition) is 3. The number of halogens is 3. The Bertz CT molecular complexity index is 636. The van der Waals surface area contributed by atoms with E-state index in [9.17, 15) is 18.0 Å². The molecule has 1 aromatic carbocycles. The van der Waals surface area contributed by atoms with Gasteiger partial charge in [-0.05, 0) is 49.9 Å². The van der Waals surface area contributed by atoms with Crippen LogP contribution in [0.1, 0.15) is 44.1 Å². The molecule has 5 nitrogen and oxygen atoms in total. The number of rotatable bonds is 4. The highest BCUT2D eigenvalue weighted by molar-refractivity contribution is 5.65. The normalized spacial score (nSPS) is 26.6. The van der Waals surface area contributed by atoms with E-state index in [-0.39, 0.29) is 18.1 Å².